The van der Waals surface area contributed by atoms with Gasteiger partial charge in [0, 0.05) is 33.5 Å². The molecule has 0 unspecified atom stereocenters. The van der Waals surface area contributed by atoms with Gasteiger partial charge in [0.25, 0.3) is 11.8 Å². The molecule has 0 atom stereocenters. The largest absolute Gasteiger partial charge is 0.497 e. The molecule has 0 fully saturated rings. The van der Waals surface area contributed by atoms with Gasteiger partial charge in [0.1, 0.15) is 17.3 Å². The van der Waals surface area contributed by atoms with Crippen LogP contribution in [0.4, 0.5) is 15.8 Å². The Hall–Kier alpha value is -4.60. The number of ether oxygens (including phenoxy) is 1. The summed E-state index contributed by atoms with van der Waals surface area (Å²) in [4.78, 5) is 39.1. The molecule has 4 rings (SSSR count). The van der Waals surface area contributed by atoms with Gasteiger partial charge < -0.3 is 20.7 Å². The third-order valence-corrected chi connectivity index (χ3v) is 6.99. The topological polar surface area (TPSA) is 96.5 Å². The van der Waals surface area contributed by atoms with Gasteiger partial charge in [-0.15, -0.1) is 11.8 Å². The summed E-state index contributed by atoms with van der Waals surface area (Å²) in [5, 5.41) is 8.16. The van der Waals surface area contributed by atoms with E-state index in [1.807, 2.05) is 0 Å². The van der Waals surface area contributed by atoms with Crippen LogP contribution in [0.3, 0.4) is 0 Å². The van der Waals surface area contributed by atoms with Gasteiger partial charge in [0.05, 0.1) is 17.9 Å². The van der Waals surface area contributed by atoms with Gasteiger partial charge in [0.2, 0.25) is 5.91 Å². The molecule has 4 aromatic carbocycles. The van der Waals surface area contributed by atoms with Gasteiger partial charge in [0.15, 0.2) is 0 Å². The maximum atomic E-state index is 14.5. The van der Waals surface area contributed by atoms with Crippen molar-refractivity contribution in [2.24, 2.45) is 0 Å². The summed E-state index contributed by atoms with van der Waals surface area (Å²) in [7, 11) is 1.56. The minimum absolute atomic E-state index is 0.0355. The molecule has 10 heteroatoms. The first-order valence-electron chi connectivity index (χ1n) is 12.3. The number of nitrogens with one attached hydrogen (secondary N) is 3. The molecular formula is C31H25ClFN3O4S. The summed E-state index contributed by atoms with van der Waals surface area (Å²) in [6.07, 6.45) is 1.19. The molecule has 3 N–H and O–H groups in total. The summed E-state index contributed by atoms with van der Waals surface area (Å²) in [6.45, 7) is 0. The standard InChI is InChI=1S/C31H25ClFN3O4S/c1-40-23-10-5-9-22(17-23)34-29(37)19-41-24-15-13-21(14-16-24)35-31(39)28(18-25-26(32)11-6-12-27(25)33)36-30(38)20-7-3-2-4-8-20/h2-18H,19H2,1H3,(H,34,37)(H,35,39)(H,36,38)/b28-18-. The number of halogens is 2. The second-order valence-electron chi connectivity index (χ2n) is 8.56. The van der Waals surface area contributed by atoms with Gasteiger partial charge in [-0.05, 0) is 66.7 Å². The normalized spacial score (nSPS) is 11.0. The Kier molecular flexibility index (Phi) is 10.1. The van der Waals surface area contributed by atoms with E-state index < -0.39 is 17.6 Å². The molecule has 0 spiro atoms. The molecule has 0 aliphatic rings. The highest BCUT2D eigenvalue weighted by atomic mass is 35.5. The number of thioether (sulfide) groups is 1. The molecule has 208 valence electrons. The van der Waals surface area contributed by atoms with Gasteiger partial charge in [-0.2, -0.15) is 0 Å². The van der Waals surface area contributed by atoms with Crippen LogP contribution >= 0.6 is 23.4 Å². The fraction of sp³-hybridized carbons (Fsp3) is 0.0645. The van der Waals surface area contributed by atoms with E-state index in [9.17, 15) is 18.8 Å². The molecule has 0 bridgehead atoms. The Balaban J connectivity index is 1.43. The molecule has 0 aliphatic carbocycles. The van der Waals surface area contributed by atoms with Gasteiger partial charge in [-0.3, -0.25) is 14.4 Å². The smallest absolute Gasteiger partial charge is 0.272 e. The lowest BCUT2D eigenvalue weighted by Crippen LogP contribution is -2.30. The maximum Gasteiger partial charge on any atom is 0.272 e. The predicted octanol–water partition coefficient (Wildman–Crippen LogP) is 6.63. The molecule has 0 saturated carbocycles. The fourth-order valence-corrected chi connectivity index (χ4v) is 4.53. The monoisotopic (exact) mass is 589 g/mol. The Morgan fingerprint density at radius 2 is 1.61 bits per heavy atom. The van der Waals surface area contributed by atoms with Crippen LogP contribution in [0.2, 0.25) is 5.02 Å². The summed E-state index contributed by atoms with van der Waals surface area (Å²) < 4.78 is 19.6. The number of benzene rings is 4. The van der Waals surface area contributed by atoms with Gasteiger partial charge in [-0.25, -0.2) is 4.39 Å². The van der Waals surface area contributed by atoms with Crippen molar-refractivity contribution in [1.82, 2.24) is 5.32 Å². The number of carbonyl (C=O) groups is 3. The van der Waals surface area contributed by atoms with Crippen LogP contribution in [0.15, 0.2) is 108 Å². The molecule has 0 aromatic heterocycles. The van der Waals surface area contributed by atoms with Gasteiger partial charge >= 0.3 is 0 Å². The molecular weight excluding hydrogens is 565 g/mol. The average molecular weight is 590 g/mol. The van der Waals surface area contributed by atoms with Crippen molar-refractivity contribution < 1.29 is 23.5 Å². The number of carbonyl (C=O) groups excluding carboxylic acids is 3. The van der Waals surface area contributed by atoms with Crippen LogP contribution < -0.4 is 20.7 Å². The summed E-state index contributed by atoms with van der Waals surface area (Å²) >= 11 is 7.48. The van der Waals surface area contributed by atoms with Crippen LogP contribution in [0, 0.1) is 5.82 Å². The molecule has 0 radical (unpaired) electrons. The molecule has 0 saturated heterocycles. The molecule has 0 aliphatic heterocycles. The minimum atomic E-state index is -0.674. The third kappa shape index (κ3) is 8.44. The van der Waals surface area contributed by atoms with Crippen molar-refractivity contribution in [2.75, 3.05) is 23.5 Å². The second-order valence-corrected chi connectivity index (χ2v) is 10.0. The lowest BCUT2D eigenvalue weighted by molar-refractivity contribution is -0.114. The van der Waals surface area contributed by atoms with E-state index in [2.05, 4.69) is 16.0 Å². The molecule has 7 nitrogen and oxygen atoms in total. The highest BCUT2D eigenvalue weighted by Gasteiger charge is 2.17. The summed E-state index contributed by atoms with van der Waals surface area (Å²) in [6, 6.07) is 26.3. The number of rotatable bonds is 10. The van der Waals surface area contributed by atoms with Crippen LogP contribution in [0.1, 0.15) is 15.9 Å². The molecule has 4 aromatic rings. The third-order valence-electron chi connectivity index (χ3n) is 5.65. The number of hydrogen-bond donors (Lipinski definition) is 3. The zero-order valence-electron chi connectivity index (χ0n) is 21.8. The van der Waals surface area contributed by atoms with Crippen LogP contribution in [-0.4, -0.2) is 30.6 Å². The van der Waals surface area contributed by atoms with Crippen molar-refractivity contribution in [3.8, 4) is 5.75 Å². The highest BCUT2D eigenvalue weighted by Crippen LogP contribution is 2.24. The second kappa shape index (κ2) is 14.2. The summed E-state index contributed by atoms with van der Waals surface area (Å²) in [5.74, 6) is -1.23. The van der Waals surface area contributed by atoms with Gasteiger partial charge in [-0.1, -0.05) is 41.9 Å². The maximum absolute atomic E-state index is 14.5. The van der Waals surface area contributed by atoms with E-state index in [0.717, 1.165) is 4.90 Å². The predicted molar refractivity (Wildman–Crippen MR) is 161 cm³/mol. The quantitative estimate of drug-likeness (QED) is 0.143. The molecule has 0 heterocycles. The molecule has 3 amide bonds. The van der Waals surface area contributed by atoms with E-state index >= 15 is 0 Å². The van der Waals surface area contributed by atoms with Crippen molar-refractivity contribution in [3.63, 3.8) is 0 Å². The zero-order valence-corrected chi connectivity index (χ0v) is 23.4. The SMILES string of the molecule is COc1cccc(NC(=O)CSc2ccc(NC(=O)/C(=C/c3c(F)cccc3Cl)NC(=O)c3ccccc3)cc2)c1. The van der Waals surface area contributed by atoms with Crippen LogP contribution in [-0.2, 0) is 9.59 Å². The number of methoxy groups -OCH3 is 1. The lowest BCUT2D eigenvalue weighted by Gasteiger charge is -2.12. The Morgan fingerprint density at radius 1 is 0.878 bits per heavy atom. The summed E-state index contributed by atoms with van der Waals surface area (Å²) in [5.41, 5.74) is 1.15. The molecule has 41 heavy (non-hydrogen) atoms. The van der Waals surface area contributed by atoms with Crippen molar-refractivity contribution in [1.29, 1.82) is 0 Å². The van der Waals surface area contributed by atoms with E-state index in [1.54, 1.807) is 86.0 Å². The lowest BCUT2D eigenvalue weighted by atomic mass is 10.1. The van der Waals surface area contributed by atoms with E-state index in [4.69, 9.17) is 16.3 Å². The van der Waals surface area contributed by atoms with Crippen molar-refractivity contribution >= 4 is 58.5 Å². The van der Waals surface area contributed by atoms with Crippen molar-refractivity contribution in [2.45, 2.75) is 4.90 Å². The highest BCUT2D eigenvalue weighted by molar-refractivity contribution is 8.00. The Bertz CT molecular complexity index is 1560. The number of amides is 3. The first kappa shape index (κ1) is 29.4. The van der Waals surface area contributed by atoms with E-state index in [-0.39, 0.29) is 27.9 Å². The Labute approximate surface area is 245 Å². The van der Waals surface area contributed by atoms with Crippen molar-refractivity contribution in [3.05, 3.63) is 125 Å². The zero-order chi connectivity index (χ0) is 29.2. The minimum Gasteiger partial charge on any atom is -0.497 e. The van der Waals surface area contributed by atoms with E-state index in [0.29, 0.717) is 22.7 Å². The van der Waals surface area contributed by atoms with E-state index in [1.165, 1.54) is 36.0 Å². The van der Waals surface area contributed by atoms with Crippen LogP contribution in [0.5, 0.6) is 5.75 Å². The Morgan fingerprint density at radius 3 is 2.32 bits per heavy atom. The van der Waals surface area contributed by atoms with Crippen LogP contribution in [0.25, 0.3) is 6.08 Å². The first-order chi connectivity index (χ1) is 19.8. The fourth-order valence-electron chi connectivity index (χ4n) is 3.62. The number of anilines is 2. The first-order valence-corrected chi connectivity index (χ1v) is 13.7. The number of hydrogen-bond acceptors (Lipinski definition) is 5. The average Bonchev–Trinajstić information content (AvgIpc) is 2.98.